The third-order valence-electron chi connectivity index (χ3n) is 6.77. The molecule has 0 saturated heterocycles. The Morgan fingerprint density at radius 2 is 1.91 bits per heavy atom. The van der Waals surface area contributed by atoms with Crippen molar-refractivity contribution >= 4 is 33.4 Å². The molecule has 7 heteroatoms. The van der Waals surface area contributed by atoms with E-state index >= 15 is 0 Å². The minimum Gasteiger partial charge on any atom is -0.503 e. The van der Waals surface area contributed by atoms with Crippen molar-refractivity contribution in [2.75, 3.05) is 7.11 Å². The van der Waals surface area contributed by atoms with Crippen LogP contribution in [0.15, 0.2) is 32.9 Å². The molecule has 32 heavy (non-hydrogen) atoms. The molecule has 6 nitrogen and oxygen atoms in total. The highest BCUT2D eigenvalue weighted by atomic mass is 79.9. The van der Waals surface area contributed by atoms with Crippen LogP contribution >= 0.6 is 15.9 Å². The van der Waals surface area contributed by atoms with Gasteiger partial charge in [-0.2, -0.15) is 0 Å². The van der Waals surface area contributed by atoms with E-state index in [0.29, 0.717) is 28.6 Å². The second-order valence-electron chi connectivity index (χ2n) is 9.91. The summed E-state index contributed by atoms with van der Waals surface area (Å²) in [4.78, 5) is 31.6. The molecule has 1 N–H and O–H groups in total. The van der Waals surface area contributed by atoms with Crippen molar-refractivity contribution in [2.24, 2.45) is 16.3 Å². The van der Waals surface area contributed by atoms with E-state index in [9.17, 15) is 14.7 Å². The first-order valence-electron chi connectivity index (χ1n) is 11.2. The van der Waals surface area contributed by atoms with Crippen LogP contribution < -0.4 is 4.74 Å². The van der Waals surface area contributed by atoms with Crippen LogP contribution in [0.25, 0.3) is 0 Å². The van der Waals surface area contributed by atoms with Crippen molar-refractivity contribution in [2.45, 2.75) is 71.3 Å². The Morgan fingerprint density at radius 1 is 1.22 bits per heavy atom. The quantitative estimate of drug-likeness (QED) is 0.550. The van der Waals surface area contributed by atoms with Crippen LogP contribution in [0.4, 0.5) is 0 Å². The summed E-state index contributed by atoms with van der Waals surface area (Å²) in [6, 6.07) is 3.46. The smallest absolute Gasteiger partial charge is 0.315 e. The van der Waals surface area contributed by atoms with E-state index in [-0.39, 0.29) is 34.8 Å². The van der Waals surface area contributed by atoms with Gasteiger partial charge in [-0.3, -0.25) is 14.6 Å². The van der Waals surface area contributed by atoms with Gasteiger partial charge in [-0.1, -0.05) is 13.8 Å². The number of hydrogen-bond acceptors (Lipinski definition) is 6. The number of Topliss-reactive ketones (excluding diaryl/α,β-unsaturated/α-hetero) is 1. The molecule has 4 rings (SSSR count). The maximum atomic E-state index is 13.4. The first-order chi connectivity index (χ1) is 15.1. The van der Waals surface area contributed by atoms with E-state index in [2.05, 4.69) is 29.8 Å². The van der Waals surface area contributed by atoms with Gasteiger partial charge < -0.3 is 14.6 Å². The number of phenols is 1. The van der Waals surface area contributed by atoms with E-state index in [1.165, 1.54) is 7.11 Å². The van der Waals surface area contributed by atoms with Gasteiger partial charge in [-0.05, 0) is 78.1 Å². The van der Waals surface area contributed by atoms with Crippen molar-refractivity contribution in [3.8, 4) is 11.5 Å². The fraction of sp³-hybridized carbons (Fsp3) is 0.560. The summed E-state index contributed by atoms with van der Waals surface area (Å²) in [5.41, 5.74) is 2.53. The lowest BCUT2D eigenvalue weighted by atomic mass is 9.67. The van der Waals surface area contributed by atoms with E-state index < -0.39 is 11.8 Å². The Kier molecular flexibility index (Phi) is 6.23. The summed E-state index contributed by atoms with van der Waals surface area (Å²) >= 11 is 3.39. The highest BCUT2D eigenvalue weighted by Crippen LogP contribution is 2.50. The second kappa shape index (κ2) is 8.65. The highest BCUT2D eigenvalue weighted by molar-refractivity contribution is 9.10. The Morgan fingerprint density at radius 3 is 2.56 bits per heavy atom. The molecule has 0 amide bonds. The van der Waals surface area contributed by atoms with Gasteiger partial charge >= 0.3 is 5.97 Å². The molecule has 0 aromatic heterocycles. The van der Waals surface area contributed by atoms with Crippen LogP contribution in [0.2, 0.25) is 0 Å². The Balaban J connectivity index is 1.84. The van der Waals surface area contributed by atoms with E-state index in [0.717, 1.165) is 36.9 Å². The molecule has 3 aliphatic rings. The summed E-state index contributed by atoms with van der Waals surface area (Å²) in [5, 5.41) is 10.3. The van der Waals surface area contributed by atoms with Crippen molar-refractivity contribution in [1.82, 2.24) is 0 Å². The summed E-state index contributed by atoms with van der Waals surface area (Å²) in [5.74, 6) is -1.29. The third kappa shape index (κ3) is 4.24. The number of rotatable bonds is 4. The molecule has 1 aromatic carbocycles. The van der Waals surface area contributed by atoms with Crippen LogP contribution in [0.3, 0.4) is 0 Å². The van der Waals surface area contributed by atoms with Gasteiger partial charge in [-0.15, -0.1) is 0 Å². The zero-order chi connectivity index (χ0) is 23.2. The molecule has 1 unspecified atom stereocenters. The first-order valence-corrected chi connectivity index (χ1v) is 12.0. The van der Waals surface area contributed by atoms with E-state index in [1.807, 2.05) is 6.92 Å². The molecule has 1 heterocycles. The number of ether oxygens (including phenoxy) is 2. The van der Waals surface area contributed by atoms with Gasteiger partial charge in [0.2, 0.25) is 0 Å². The molecule has 1 aliphatic heterocycles. The van der Waals surface area contributed by atoms with Crippen molar-refractivity contribution in [1.29, 1.82) is 0 Å². The van der Waals surface area contributed by atoms with Gasteiger partial charge in [-0.25, -0.2) is 0 Å². The number of phenolic OH excluding ortho intramolecular Hbond substituents is 1. The van der Waals surface area contributed by atoms with Crippen LogP contribution in [-0.2, 0) is 14.3 Å². The van der Waals surface area contributed by atoms with Crippen LogP contribution in [0.5, 0.6) is 11.5 Å². The number of esters is 1. The normalized spacial score (nSPS) is 25.4. The molecule has 1 fully saturated rings. The fourth-order valence-electron chi connectivity index (χ4n) is 5.28. The standard InChI is InChI=1S/C25H30BrNO5/c1-13-20(24(30)32-15-7-5-6-8-15)21(14-9-16(26)23(29)19(10-14)31-4)22-17(27-13)11-25(2,3)12-18(22)28/h9-10,15,20-21,29H,5-8,11-12H2,1-4H3/t20?,21-/m0/s1. The first kappa shape index (κ1) is 23.0. The van der Waals surface area contributed by atoms with E-state index in [4.69, 9.17) is 14.5 Å². The topological polar surface area (TPSA) is 85.2 Å². The maximum Gasteiger partial charge on any atom is 0.315 e. The van der Waals surface area contributed by atoms with Crippen molar-refractivity contribution < 1.29 is 24.2 Å². The lowest BCUT2D eigenvalue weighted by Crippen LogP contribution is -2.40. The molecule has 1 saturated carbocycles. The molecule has 2 atom stereocenters. The molecule has 1 aromatic rings. The Bertz CT molecular complexity index is 1020. The maximum absolute atomic E-state index is 13.4. The number of halogens is 1. The molecule has 0 spiro atoms. The van der Waals surface area contributed by atoms with Gasteiger partial charge in [0.05, 0.1) is 11.6 Å². The molecular formula is C25H30BrNO5. The fourth-order valence-corrected chi connectivity index (χ4v) is 5.74. The average molecular weight is 504 g/mol. The van der Waals surface area contributed by atoms with Gasteiger partial charge in [0.25, 0.3) is 0 Å². The number of nitrogens with zero attached hydrogens (tertiary/aromatic N) is 1. The number of aliphatic imine (C=N–C) groups is 1. The number of ketones is 1. The van der Waals surface area contributed by atoms with Crippen LogP contribution in [-0.4, -0.2) is 35.8 Å². The number of hydrogen-bond donors (Lipinski definition) is 1. The predicted octanol–water partition coefficient (Wildman–Crippen LogP) is 5.47. The van der Waals surface area contributed by atoms with Crippen LogP contribution in [0.1, 0.15) is 70.8 Å². The zero-order valence-corrected chi connectivity index (χ0v) is 20.6. The number of methoxy groups -OCH3 is 1. The molecule has 0 bridgehead atoms. The number of benzene rings is 1. The van der Waals surface area contributed by atoms with Crippen molar-refractivity contribution in [3.63, 3.8) is 0 Å². The Labute approximate surface area is 197 Å². The van der Waals surface area contributed by atoms with Gasteiger partial charge in [0, 0.05) is 29.3 Å². The van der Waals surface area contributed by atoms with E-state index in [1.54, 1.807) is 12.1 Å². The largest absolute Gasteiger partial charge is 0.503 e. The lowest BCUT2D eigenvalue weighted by Gasteiger charge is -2.39. The summed E-state index contributed by atoms with van der Waals surface area (Å²) in [7, 11) is 1.48. The Hall–Kier alpha value is -2.15. The second-order valence-corrected chi connectivity index (χ2v) is 10.8. The summed E-state index contributed by atoms with van der Waals surface area (Å²) < 4.78 is 11.7. The molecular weight excluding hydrogens is 474 g/mol. The predicted molar refractivity (Wildman–Crippen MR) is 125 cm³/mol. The third-order valence-corrected chi connectivity index (χ3v) is 7.38. The monoisotopic (exact) mass is 503 g/mol. The zero-order valence-electron chi connectivity index (χ0n) is 19.0. The minimum atomic E-state index is -0.694. The van der Waals surface area contributed by atoms with Gasteiger partial charge in [0.15, 0.2) is 17.3 Å². The number of aromatic hydroxyl groups is 1. The highest BCUT2D eigenvalue weighted by Gasteiger charge is 2.46. The molecule has 0 radical (unpaired) electrons. The number of carbonyl (C=O) groups is 2. The summed E-state index contributed by atoms with van der Waals surface area (Å²) in [6.45, 7) is 5.97. The lowest BCUT2D eigenvalue weighted by molar-refractivity contribution is -0.151. The molecule has 2 aliphatic carbocycles. The minimum absolute atomic E-state index is 0.0133. The van der Waals surface area contributed by atoms with Crippen molar-refractivity contribution in [3.05, 3.63) is 33.4 Å². The molecule has 172 valence electrons. The SMILES string of the molecule is COc1cc([C@@H]2C3=C(CC(C)(C)CC3=O)N=C(C)C2C(=O)OC2CCCC2)cc(Br)c1O. The van der Waals surface area contributed by atoms with Crippen LogP contribution in [0, 0.1) is 11.3 Å². The number of allylic oxidation sites excluding steroid dienone is 2. The average Bonchev–Trinajstić information content (AvgIpc) is 3.20. The summed E-state index contributed by atoms with van der Waals surface area (Å²) in [6.07, 6.45) is 4.86. The van der Waals surface area contributed by atoms with Gasteiger partial charge in [0.1, 0.15) is 12.0 Å². The number of carbonyl (C=O) groups excluding carboxylic acids is 2.